The van der Waals surface area contributed by atoms with Crippen molar-refractivity contribution in [3.05, 3.63) is 48.0 Å². The van der Waals surface area contributed by atoms with E-state index in [1.807, 2.05) is 0 Å². The fourth-order valence-corrected chi connectivity index (χ4v) is 2.00. The Kier molecular flexibility index (Phi) is 2.97. The molecule has 0 bridgehead atoms. The van der Waals surface area contributed by atoms with Crippen LogP contribution in [0, 0.1) is 0 Å². The molecule has 16 heavy (non-hydrogen) atoms. The van der Waals surface area contributed by atoms with Crippen molar-refractivity contribution >= 4 is 10.8 Å². The van der Waals surface area contributed by atoms with Crippen LogP contribution in [-0.4, -0.2) is 25.1 Å². The number of benzene rings is 2. The summed E-state index contributed by atoms with van der Waals surface area (Å²) in [6.45, 7) is 4.49. The molecule has 1 nitrogen and oxygen atoms in total. The van der Waals surface area contributed by atoms with Gasteiger partial charge in [0.1, 0.15) is 6.54 Å². The third-order valence-corrected chi connectivity index (χ3v) is 3.33. The molecule has 0 aliphatic rings. The molecule has 0 spiro atoms. The van der Waals surface area contributed by atoms with Crippen LogP contribution >= 0.6 is 0 Å². The topological polar surface area (TPSA) is 0 Å². The third kappa shape index (κ3) is 2.25. The molecule has 0 heterocycles. The minimum Gasteiger partial charge on any atom is -0.325 e. The molecular weight excluding hydrogens is 194 g/mol. The van der Waals surface area contributed by atoms with E-state index in [1.54, 1.807) is 0 Å². The molecule has 0 N–H and O–H groups in total. The third-order valence-electron chi connectivity index (χ3n) is 3.33. The summed E-state index contributed by atoms with van der Waals surface area (Å²) in [6, 6.07) is 15.2. The van der Waals surface area contributed by atoms with Gasteiger partial charge in [0.05, 0.1) is 20.6 Å². The van der Waals surface area contributed by atoms with Gasteiger partial charge in [-0.1, -0.05) is 42.5 Å². The molecular formula is C15H20N+. The van der Waals surface area contributed by atoms with Crippen molar-refractivity contribution in [3.63, 3.8) is 0 Å². The zero-order valence-electron chi connectivity index (χ0n) is 10.4. The normalized spacial score (nSPS) is 11.9. The lowest BCUT2D eigenvalue weighted by Crippen LogP contribution is -2.38. The monoisotopic (exact) mass is 214 g/mol. The SMILES string of the molecule is CC[N+](C)(C)Cc1cccc2ccccc12. The molecule has 0 atom stereocenters. The molecule has 0 aliphatic carbocycles. The number of rotatable bonds is 3. The van der Waals surface area contributed by atoms with E-state index >= 15 is 0 Å². The lowest BCUT2D eigenvalue weighted by atomic mass is 10.0. The van der Waals surface area contributed by atoms with Crippen LogP contribution in [0.1, 0.15) is 12.5 Å². The van der Waals surface area contributed by atoms with Gasteiger partial charge in [-0.2, -0.15) is 0 Å². The second kappa shape index (κ2) is 4.26. The van der Waals surface area contributed by atoms with Gasteiger partial charge in [-0.05, 0) is 17.7 Å². The zero-order chi connectivity index (χ0) is 11.6. The summed E-state index contributed by atoms with van der Waals surface area (Å²) in [7, 11) is 4.56. The first-order chi connectivity index (χ1) is 7.62. The molecule has 0 amide bonds. The predicted molar refractivity (Wildman–Crippen MR) is 70.3 cm³/mol. The Labute approximate surface area is 97.9 Å². The number of fused-ring (bicyclic) bond motifs is 1. The number of hydrogen-bond donors (Lipinski definition) is 0. The number of nitrogens with zero attached hydrogens (tertiary/aromatic N) is 1. The molecule has 1 heteroatoms. The van der Waals surface area contributed by atoms with Crippen LogP contribution < -0.4 is 0 Å². The standard InChI is InChI=1S/C15H20N/c1-4-16(2,3)12-14-10-7-9-13-8-5-6-11-15(13)14/h5-11H,4,12H2,1-3H3/q+1. The largest absolute Gasteiger partial charge is 0.325 e. The Hall–Kier alpha value is -1.34. The second-order valence-corrected chi connectivity index (χ2v) is 5.05. The van der Waals surface area contributed by atoms with Crippen LogP contribution in [-0.2, 0) is 6.54 Å². The highest BCUT2D eigenvalue weighted by molar-refractivity contribution is 5.85. The average Bonchev–Trinajstić information content (AvgIpc) is 2.29. The molecule has 2 aromatic rings. The molecule has 0 saturated heterocycles. The lowest BCUT2D eigenvalue weighted by Gasteiger charge is -2.28. The molecule has 0 aromatic heterocycles. The van der Waals surface area contributed by atoms with Crippen molar-refractivity contribution < 1.29 is 4.48 Å². The number of hydrogen-bond acceptors (Lipinski definition) is 0. The van der Waals surface area contributed by atoms with E-state index in [2.05, 4.69) is 63.5 Å². The van der Waals surface area contributed by atoms with Gasteiger partial charge >= 0.3 is 0 Å². The predicted octanol–water partition coefficient (Wildman–Crippen LogP) is 3.44. The average molecular weight is 214 g/mol. The van der Waals surface area contributed by atoms with E-state index < -0.39 is 0 Å². The Morgan fingerprint density at radius 2 is 1.62 bits per heavy atom. The van der Waals surface area contributed by atoms with E-state index in [1.165, 1.54) is 16.3 Å². The van der Waals surface area contributed by atoms with Crippen LogP contribution in [0.5, 0.6) is 0 Å². The van der Waals surface area contributed by atoms with Crippen LogP contribution in [0.2, 0.25) is 0 Å². The van der Waals surface area contributed by atoms with Gasteiger partial charge < -0.3 is 4.48 Å². The molecule has 2 rings (SSSR count). The zero-order valence-corrected chi connectivity index (χ0v) is 10.4. The highest BCUT2D eigenvalue weighted by Crippen LogP contribution is 2.21. The van der Waals surface area contributed by atoms with Crippen molar-refractivity contribution in [2.24, 2.45) is 0 Å². The first-order valence-electron chi connectivity index (χ1n) is 5.91. The first-order valence-corrected chi connectivity index (χ1v) is 5.91. The molecule has 0 saturated carbocycles. The first kappa shape index (κ1) is 11.2. The quantitative estimate of drug-likeness (QED) is 0.687. The summed E-state index contributed by atoms with van der Waals surface area (Å²) in [5, 5.41) is 2.74. The summed E-state index contributed by atoms with van der Waals surface area (Å²) >= 11 is 0. The summed E-state index contributed by atoms with van der Waals surface area (Å²) in [4.78, 5) is 0. The fraction of sp³-hybridized carbons (Fsp3) is 0.333. The van der Waals surface area contributed by atoms with Gasteiger partial charge in [0, 0.05) is 5.56 Å². The van der Waals surface area contributed by atoms with Crippen molar-refractivity contribution in [2.45, 2.75) is 13.5 Å². The fourth-order valence-electron chi connectivity index (χ4n) is 2.00. The van der Waals surface area contributed by atoms with Gasteiger partial charge in [-0.3, -0.25) is 0 Å². The Morgan fingerprint density at radius 1 is 0.938 bits per heavy atom. The van der Waals surface area contributed by atoms with Gasteiger partial charge in [-0.15, -0.1) is 0 Å². The van der Waals surface area contributed by atoms with Gasteiger partial charge in [-0.25, -0.2) is 0 Å². The minimum absolute atomic E-state index is 1.04. The summed E-state index contributed by atoms with van der Waals surface area (Å²) in [6.07, 6.45) is 0. The molecule has 0 fully saturated rings. The van der Waals surface area contributed by atoms with Crippen molar-refractivity contribution in [1.82, 2.24) is 0 Å². The molecule has 2 aromatic carbocycles. The Morgan fingerprint density at radius 3 is 2.38 bits per heavy atom. The van der Waals surface area contributed by atoms with Crippen LogP contribution in [0.25, 0.3) is 10.8 Å². The smallest absolute Gasteiger partial charge is 0.105 e. The summed E-state index contributed by atoms with van der Waals surface area (Å²) in [5.41, 5.74) is 1.45. The van der Waals surface area contributed by atoms with Crippen molar-refractivity contribution in [1.29, 1.82) is 0 Å². The van der Waals surface area contributed by atoms with E-state index in [0.29, 0.717) is 0 Å². The maximum atomic E-state index is 2.28. The highest BCUT2D eigenvalue weighted by Gasteiger charge is 2.14. The Bertz CT molecular complexity index is 480. The maximum Gasteiger partial charge on any atom is 0.105 e. The molecule has 84 valence electrons. The van der Waals surface area contributed by atoms with Gasteiger partial charge in [0.25, 0.3) is 0 Å². The van der Waals surface area contributed by atoms with Crippen LogP contribution in [0.3, 0.4) is 0 Å². The lowest BCUT2D eigenvalue weighted by molar-refractivity contribution is -0.901. The molecule has 0 radical (unpaired) electrons. The molecule has 0 unspecified atom stereocenters. The number of quaternary nitrogens is 1. The molecule has 0 aliphatic heterocycles. The van der Waals surface area contributed by atoms with Gasteiger partial charge in [0.15, 0.2) is 0 Å². The van der Waals surface area contributed by atoms with Crippen molar-refractivity contribution in [3.8, 4) is 0 Å². The van der Waals surface area contributed by atoms with E-state index in [-0.39, 0.29) is 0 Å². The van der Waals surface area contributed by atoms with E-state index in [4.69, 9.17) is 0 Å². The minimum atomic E-state index is 1.04. The van der Waals surface area contributed by atoms with Gasteiger partial charge in [0.2, 0.25) is 0 Å². The maximum absolute atomic E-state index is 2.28. The second-order valence-electron chi connectivity index (χ2n) is 5.05. The van der Waals surface area contributed by atoms with Crippen LogP contribution in [0.4, 0.5) is 0 Å². The summed E-state index contributed by atoms with van der Waals surface area (Å²) in [5.74, 6) is 0. The van der Waals surface area contributed by atoms with Crippen LogP contribution in [0.15, 0.2) is 42.5 Å². The van der Waals surface area contributed by atoms with E-state index in [0.717, 1.165) is 17.6 Å². The highest BCUT2D eigenvalue weighted by atomic mass is 15.3. The van der Waals surface area contributed by atoms with E-state index in [9.17, 15) is 0 Å². The summed E-state index contributed by atoms with van der Waals surface area (Å²) < 4.78 is 1.04. The van der Waals surface area contributed by atoms with Crippen molar-refractivity contribution in [2.75, 3.05) is 20.6 Å². The Balaban J connectivity index is 2.45.